The van der Waals surface area contributed by atoms with E-state index in [1.165, 1.54) is 50.5 Å². The molecule has 2 heteroatoms. The average molecular weight is 277 g/mol. The van der Waals surface area contributed by atoms with Crippen LogP contribution >= 0.6 is 0 Å². The second-order valence-corrected chi connectivity index (χ2v) is 5.51. The van der Waals surface area contributed by atoms with Crippen molar-refractivity contribution in [3.8, 4) is 5.75 Å². The Morgan fingerprint density at radius 3 is 2.15 bits per heavy atom. The molecule has 0 aromatic heterocycles. The van der Waals surface area contributed by atoms with Crippen molar-refractivity contribution in [3.05, 3.63) is 29.8 Å². The highest BCUT2D eigenvalue weighted by atomic mass is 16.5. The van der Waals surface area contributed by atoms with E-state index in [1.807, 2.05) is 0 Å². The van der Waals surface area contributed by atoms with Gasteiger partial charge in [0.05, 0.1) is 6.61 Å². The Kier molecular flexibility index (Phi) is 10.0. The van der Waals surface area contributed by atoms with Crippen molar-refractivity contribution in [2.75, 3.05) is 13.2 Å². The van der Waals surface area contributed by atoms with Gasteiger partial charge in [0.1, 0.15) is 5.75 Å². The quantitative estimate of drug-likeness (QED) is 0.562. The molecule has 0 aliphatic carbocycles. The van der Waals surface area contributed by atoms with Gasteiger partial charge in [-0.15, -0.1) is 0 Å². The summed E-state index contributed by atoms with van der Waals surface area (Å²) in [5.74, 6) is 0.993. The van der Waals surface area contributed by atoms with Crippen molar-refractivity contribution in [1.82, 2.24) is 0 Å². The number of hydrogen-bond donors (Lipinski definition) is 1. The zero-order valence-electron chi connectivity index (χ0n) is 13.1. The van der Waals surface area contributed by atoms with E-state index in [-0.39, 0.29) is 0 Å². The molecule has 114 valence electrons. The molecule has 1 aromatic carbocycles. The van der Waals surface area contributed by atoms with Crippen molar-refractivity contribution in [2.24, 2.45) is 5.73 Å². The molecule has 0 atom stereocenters. The summed E-state index contributed by atoms with van der Waals surface area (Å²) in [6, 6.07) is 8.45. The lowest BCUT2D eigenvalue weighted by Gasteiger charge is -2.07. The maximum absolute atomic E-state index is 5.77. The number of unbranched alkanes of at least 4 members (excludes halogenated alkanes) is 6. The highest BCUT2D eigenvalue weighted by Crippen LogP contribution is 2.14. The van der Waals surface area contributed by atoms with Gasteiger partial charge >= 0.3 is 0 Å². The third-order valence-electron chi connectivity index (χ3n) is 3.61. The third-order valence-corrected chi connectivity index (χ3v) is 3.61. The number of benzene rings is 1. The van der Waals surface area contributed by atoms with Crippen LogP contribution in [-0.4, -0.2) is 13.2 Å². The van der Waals surface area contributed by atoms with Gasteiger partial charge in [-0.3, -0.25) is 0 Å². The minimum absolute atomic E-state index is 0.760. The van der Waals surface area contributed by atoms with E-state index >= 15 is 0 Å². The normalized spacial score (nSPS) is 10.7. The van der Waals surface area contributed by atoms with Gasteiger partial charge in [-0.2, -0.15) is 0 Å². The second-order valence-electron chi connectivity index (χ2n) is 5.51. The first kappa shape index (κ1) is 17.0. The van der Waals surface area contributed by atoms with Crippen LogP contribution in [-0.2, 0) is 6.42 Å². The van der Waals surface area contributed by atoms with Crippen LogP contribution in [0.3, 0.4) is 0 Å². The number of nitrogens with two attached hydrogens (primary N) is 1. The number of aryl methyl sites for hydroxylation is 1. The molecule has 2 N–H and O–H groups in total. The van der Waals surface area contributed by atoms with E-state index in [2.05, 4.69) is 31.2 Å². The first-order valence-corrected chi connectivity index (χ1v) is 8.28. The molecule has 0 saturated carbocycles. The van der Waals surface area contributed by atoms with Crippen molar-refractivity contribution >= 4 is 0 Å². The molecule has 0 aliphatic heterocycles. The van der Waals surface area contributed by atoms with E-state index < -0.39 is 0 Å². The molecule has 0 spiro atoms. The summed E-state index contributed by atoms with van der Waals surface area (Å²) in [5, 5.41) is 0. The molecule has 0 fully saturated rings. The maximum Gasteiger partial charge on any atom is 0.119 e. The van der Waals surface area contributed by atoms with Crippen LogP contribution in [0.2, 0.25) is 0 Å². The van der Waals surface area contributed by atoms with Gasteiger partial charge in [-0.1, -0.05) is 57.6 Å². The van der Waals surface area contributed by atoms with Crippen LogP contribution in [0.25, 0.3) is 0 Å². The fourth-order valence-corrected chi connectivity index (χ4v) is 2.31. The molecule has 0 amide bonds. The number of hydrogen-bond acceptors (Lipinski definition) is 2. The van der Waals surface area contributed by atoms with Crippen LogP contribution in [0, 0.1) is 0 Å². The van der Waals surface area contributed by atoms with Crippen molar-refractivity contribution in [2.45, 2.75) is 64.7 Å². The zero-order chi connectivity index (χ0) is 14.5. The van der Waals surface area contributed by atoms with Crippen LogP contribution in [0.1, 0.15) is 63.9 Å². The largest absolute Gasteiger partial charge is 0.494 e. The molecule has 0 bridgehead atoms. The van der Waals surface area contributed by atoms with Crippen molar-refractivity contribution < 1.29 is 4.74 Å². The van der Waals surface area contributed by atoms with E-state index in [1.54, 1.807) is 0 Å². The summed E-state index contributed by atoms with van der Waals surface area (Å²) in [5.41, 5.74) is 6.86. The minimum Gasteiger partial charge on any atom is -0.494 e. The van der Waals surface area contributed by atoms with Crippen molar-refractivity contribution in [3.63, 3.8) is 0 Å². The molecule has 20 heavy (non-hydrogen) atoms. The molecule has 1 aromatic rings. The lowest BCUT2D eigenvalue weighted by molar-refractivity contribution is 0.304. The first-order valence-electron chi connectivity index (χ1n) is 8.28. The van der Waals surface area contributed by atoms with Crippen LogP contribution in [0.4, 0.5) is 0 Å². The Balaban J connectivity index is 2.04. The molecule has 0 heterocycles. The van der Waals surface area contributed by atoms with Gasteiger partial charge in [-0.25, -0.2) is 0 Å². The van der Waals surface area contributed by atoms with E-state index in [4.69, 9.17) is 10.5 Å². The summed E-state index contributed by atoms with van der Waals surface area (Å²) >= 11 is 0. The van der Waals surface area contributed by atoms with Gasteiger partial charge in [-0.05, 0) is 43.5 Å². The summed E-state index contributed by atoms with van der Waals surface area (Å²) in [7, 11) is 0. The van der Waals surface area contributed by atoms with E-state index in [0.717, 1.165) is 31.7 Å². The second kappa shape index (κ2) is 11.8. The van der Waals surface area contributed by atoms with Gasteiger partial charge in [0.2, 0.25) is 0 Å². The molecular weight excluding hydrogens is 246 g/mol. The molecule has 2 nitrogen and oxygen atoms in total. The molecule has 0 aliphatic rings. The molecule has 0 unspecified atom stereocenters. The molecule has 1 rings (SSSR count). The Morgan fingerprint density at radius 2 is 1.50 bits per heavy atom. The topological polar surface area (TPSA) is 35.2 Å². The van der Waals surface area contributed by atoms with Crippen LogP contribution < -0.4 is 10.5 Å². The lowest BCUT2D eigenvalue weighted by atomic mass is 10.1. The predicted octanol–water partition coefficient (Wildman–Crippen LogP) is 4.71. The summed E-state index contributed by atoms with van der Waals surface area (Å²) in [4.78, 5) is 0. The molecular formula is C18H31NO. The fraction of sp³-hybridized carbons (Fsp3) is 0.667. The Labute approximate surface area is 124 Å². The van der Waals surface area contributed by atoms with Crippen LogP contribution in [0.15, 0.2) is 24.3 Å². The standard InChI is InChI=1S/C18H31NO/c1-2-3-4-5-6-7-8-16-20-18-13-11-17(12-14-18)10-9-15-19/h11-14H,2-10,15-16,19H2,1H3. The average Bonchev–Trinajstić information content (AvgIpc) is 2.49. The lowest BCUT2D eigenvalue weighted by Crippen LogP contribution is -2.00. The SMILES string of the molecule is CCCCCCCCCOc1ccc(CCCN)cc1. The molecule has 0 radical (unpaired) electrons. The Bertz CT molecular complexity index is 321. The Morgan fingerprint density at radius 1 is 0.850 bits per heavy atom. The summed E-state index contributed by atoms with van der Waals surface area (Å²) in [6.45, 7) is 3.86. The minimum atomic E-state index is 0.760. The summed E-state index contributed by atoms with van der Waals surface area (Å²) < 4.78 is 5.77. The number of ether oxygens (including phenoxy) is 1. The highest BCUT2D eigenvalue weighted by Gasteiger charge is 1.96. The Hall–Kier alpha value is -1.02. The predicted molar refractivity (Wildman–Crippen MR) is 87.3 cm³/mol. The number of rotatable bonds is 12. The van der Waals surface area contributed by atoms with Gasteiger partial charge in [0.15, 0.2) is 0 Å². The highest BCUT2D eigenvalue weighted by molar-refractivity contribution is 5.27. The maximum atomic E-state index is 5.77. The summed E-state index contributed by atoms with van der Waals surface area (Å²) in [6.07, 6.45) is 11.4. The van der Waals surface area contributed by atoms with E-state index in [0.29, 0.717) is 0 Å². The van der Waals surface area contributed by atoms with Gasteiger partial charge in [0, 0.05) is 0 Å². The van der Waals surface area contributed by atoms with Crippen LogP contribution in [0.5, 0.6) is 5.75 Å². The third kappa shape index (κ3) is 8.21. The van der Waals surface area contributed by atoms with Gasteiger partial charge in [0.25, 0.3) is 0 Å². The van der Waals surface area contributed by atoms with Crippen molar-refractivity contribution in [1.29, 1.82) is 0 Å². The fourth-order valence-electron chi connectivity index (χ4n) is 2.31. The monoisotopic (exact) mass is 277 g/mol. The first-order chi connectivity index (χ1) is 9.86. The smallest absolute Gasteiger partial charge is 0.119 e. The van der Waals surface area contributed by atoms with Gasteiger partial charge < -0.3 is 10.5 Å². The zero-order valence-corrected chi connectivity index (χ0v) is 13.1. The van der Waals surface area contributed by atoms with E-state index in [9.17, 15) is 0 Å². The molecule has 0 saturated heterocycles.